The zero-order valence-electron chi connectivity index (χ0n) is 19.4. The van der Waals surface area contributed by atoms with E-state index in [2.05, 4.69) is 0 Å². The number of carbonyl (C=O) groups excluding carboxylic acids is 2. The second-order valence-corrected chi connectivity index (χ2v) is 7.95. The lowest BCUT2D eigenvalue weighted by atomic mass is 9.98. The minimum Gasteiger partial charge on any atom is -0.492 e. The molecule has 0 saturated carbocycles. The molecule has 184 valence electrons. The Balaban J connectivity index is 0.00000167. The first-order chi connectivity index (χ1) is 16.6. The fourth-order valence-electron chi connectivity index (χ4n) is 3.80. The summed E-state index contributed by atoms with van der Waals surface area (Å²) in [5.74, 6) is -0.959. The highest BCUT2D eigenvalue weighted by Gasteiger charge is 2.36. The lowest BCUT2D eigenvalue weighted by molar-refractivity contribution is -0.137. The van der Waals surface area contributed by atoms with Crippen LogP contribution in [0.2, 0.25) is 5.02 Å². The molecule has 2 N–H and O–H groups in total. The Morgan fingerprint density at radius 1 is 1.06 bits per heavy atom. The molecule has 3 aromatic carbocycles. The summed E-state index contributed by atoms with van der Waals surface area (Å²) >= 11 is 6.18. The number of anilines is 1. The van der Waals surface area contributed by atoms with Crippen molar-refractivity contribution in [1.82, 2.24) is 0 Å². The SMILES string of the molecule is CC.CN(C(=O)c1cccc2c1OCC2)c1ccc(-c2cc(C(N)=O)ccc2Cl)cc1C(F)(F)F. The van der Waals surface area contributed by atoms with Gasteiger partial charge in [0.25, 0.3) is 5.91 Å². The molecule has 2 amide bonds. The van der Waals surface area contributed by atoms with Crippen LogP contribution in [0.4, 0.5) is 18.9 Å². The summed E-state index contributed by atoms with van der Waals surface area (Å²) in [7, 11) is 1.28. The van der Waals surface area contributed by atoms with Crippen molar-refractivity contribution < 1.29 is 27.5 Å². The molecule has 35 heavy (non-hydrogen) atoms. The van der Waals surface area contributed by atoms with Gasteiger partial charge in [0, 0.05) is 29.6 Å². The molecule has 0 radical (unpaired) electrons. The van der Waals surface area contributed by atoms with Gasteiger partial charge in [0.05, 0.1) is 23.4 Å². The molecular formula is C26H24ClF3N2O3. The van der Waals surface area contributed by atoms with Gasteiger partial charge in [-0.1, -0.05) is 43.6 Å². The number of alkyl halides is 3. The highest BCUT2D eigenvalue weighted by Crippen LogP contribution is 2.41. The second-order valence-electron chi connectivity index (χ2n) is 7.55. The van der Waals surface area contributed by atoms with Gasteiger partial charge in [-0.3, -0.25) is 9.59 Å². The third-order valence-electron chi connectivity index (χ3n) is 5.47. The van der Waals surface area contributed by atoms with Gasteiger partial charge in [0.2, 0.25) is 5.91 Å². The molecule has 5 nitrogen and oxygen atoms in total. The number of benzene rings is 3. The molecular weight excluding hydrogens is 481 g/mol. The number of rotatable bonds is 4. The zero-order chi connectivity index (χ0) is 25.9. The van der Waals surface area contributed by atoms with Crippen molar-refractivity contribution in [3.05, 3.63) is 81.9 Å². The van der Waals surface area contributed by atoms with E-state index in [0.717, 1.165) is 16.5 Å². The lowest BCUT2D eigenvalue weighted by Gasteiger charge is -2.23. The van der Waals surface area contributed by atoms with Gasteiger partial charge < -0.3 is 15.4 Å². The maximum Gasteiger partial charge on any atom is 0.418 e. The predicted octanol–water partition coefficient (Wildman–Crippen LogP) is 6.36. The highest BCUT2D eigenvalue weighted by molar-refractivity contribution is 6.33. The van der Waals surface area contributed by atoms with Crippen LogP contribution in [0.15, 0.2) is 54.6 Å². The van der Waals surface area contributed by atoms with E-state index in [9.17, 15) is 22.8 Å². The molecule has 4 rings (SSSR count). The van der Waals surface area contributed by atoms with Crippen molar-refractivity contribution in [3.8, 4) is 16.9 Å². The van der Waals surface area contributed by atoms with Crippen LogP contribution in [0, 0.1) is 0 Å². The molecule has 1 heterocycles. The molecule has 1 aliphatic heterocycles. The minimum atomic E-state index is -4.76. The number of primary amides is 1. The quantitative estimate of drug-likeness (QED) is 0.449. The maximum absolute atomic E-state index is 14.0. The first-order valence-electron chi connectivity index (χ1n) is 10.9. The van der Waals surface area contributed by atoms with Crippen LogP contribution in [0.1, 0.15) is 45.7 Å². The monoisotopic (exact) mass is 504 g/mol. The fraction of sp³-hybridized carbons (Fsp3) is 0.231. The molecule has 0 atom stereocenters. The summed E-state index contributed by atoms with van der Waals surface area (Å²) in [5.41, 5.74) is 5.42. The van der Waals surface area contributed by atoms with Crippen molar-refractivity contribution in [1.29, 1.82) is 0 Å². The smallest absolute Gasteiger partial charge is 0.418 e. The summed E-state index contributed by atoms with van der Waals surface area (Å²) in [6.07, 6.45) is -4.13. The number of carbonyl (C=O) groups is 2. The summed E-state index contributed by atoms with van der Waals surface area (Å²) in [5, 5.41) is 0.155. The van der Waals surface area contributed by atoms with Crippen molar-refractivity contribution in [2.24, 2.45) is 5.73 Å². The number of halogens is 4. The predicted molar refractivity (Wildman–Crippen MR) is 130 cm³/mol. The summed E-state index contributed by atoms with van der Waals surface area (Å²) in [6.45, 7) is 4.41. The van der Waals surface area contributed by atoms with Crippen molar-refractivity contribution >= 4 is 29.1 Å². The number of hydrogen-bond donors (Lipinski definition) is 1. The lowest BCUT2D eigenvalue weighted by Crippen LogP contribution is -2.29. The summed E-state index contributed by atoms with van der Waals surface area (Å²) in [4.78, 5) is 25.6. The molecule has 0 spiro atoms. The van der Waals surface area contributed by atoms with E-state index in [1.807, 2.05) is 19.9 Å². The normalized spacial score (nSPS) is 12.2. The Hall–Kier alpha value is -3.52. The van der Waals surface area contributed by atoms with E-state index in [-0.39, 0.29) is 33.0 Å². The molecule has 9 heteroatoms. The number of ether oxygens (including phenoxy) is 1. The van der Waals surface area contributed by atoms with Crippen molar-refractivity contribution in [3.63, 3.8) is 0 Å². The van der Waals surface area contributed by atoms with Crippen molar-refractivity contribution in [2.45, 2.75) is 26.4 Å². The first kappa shape index (κ1) is 26.1. The molecule has 3 aromatic rings. The number of hydrogen-bond acceptors (Lipinski definition) is 3. The summed E-state index contributed by atoms with van der Waals surface area (Å²) < 4.78 is 47.6. The molecule has 0 bridgehead atoms. The van der Waals surface area contributed by atoms with Gasteiger partial charge in [-0.2, -0.15) is 13.2 Å². The van der Waals surface area contributed by atoms with Gasteiger partial charge >= 0.3 is 6.18 Å². The Kier molecular flexibility index (Phi) is 7.75. The van der Waals surface area contributed by atoms with E-state index < -0.39 is 23.6 Å². The van der Waals surface area contributed by atoms with E-state index in [1.54, 1.807) is 6.07 Å². The van der Waals surface area contributed by atoms with Crippen LogP contribution >= 0.6 is 11.6 Å². The largest absolute Gasteiger partial charge is 0.492 e. The van der Waals surface area contributed by atoms with Gasteiger partial charge in [0.1, 0.15) is 5.75 Å². The van der Waals surface area contributed by atoms with Gasteiger partial charge in [-0.05, 0) is 47.5 Å². The number of amides is 2. The third kappa shape index (κ3) is 5.27. The van der Waals surface area contributed by atoms with Crippen LogP contribution in [0.25, 0.3) is 11.1 Å². The second kappa shape index (κ2) is 10.4. The molecule has 0 fully saturated rings. The molecule has 1 aliphatic rings. The number of fused-ring (bicyclic) bond motifs is 1. The Labute approximate surface area is 206 Å². The van der Waals surface area contributed by atoms with E-state index >= 15 is 0 Å². The number of para-hydroxylation sites is 1. The summed E-state index contributed by atoms with van der Waals surface area (Å²) in [6, 6.07) is 12.6. The molecule has 0 aliphatic carbocycles. The van der Waals surface area contributed by atoms with E-state index in [4.69, 9.17) is 22.1 Å². The molecule has 0 aromatic heterocycles. The van der Waals surface area contributed by atoms with Crippen molar-refractivity contribution in [2.75, 3.05) is 18.6 Å². The molecule has 0 saturated heterocycles. The van der Waals surface area contributed by atoms with Crippen LogP contribution < -0.4 is 15.4 Å². The minimum absolute atomic E-state index is 0.109. The Morgan fingerprint density at radius 2 is 1.77 bits per heavy atom. The van der Waals surface area contributed by atoms with E-state index in [1.165, 1.54) is 43.4 Å². The number of nitrogens with zero attached hydrogens (tertiary/aromatic N) is 1. The van der Waals surface area contributed by atoms with Crippen LogP contribution in [-0.4, -0.2) is 25.5 Å². The topological polar surface area (TPSA) is 72.6 Å². The van der Waals surface area contributed by atoms with Crippen LogP contribution in [0.5, 0.6) is 5.75 Å². The number of nitrogens with two attached hydrogens (primary N) is 1. The third-order valence-corrected chi connectivity index (χ3v) is 5.80. The van der Waals surface area contributed by atoms with Crippen LogP contribution in [-0.2, 0) is 12.6 Å². The Morgan fingerprint density at radius 3 is 2.43 bits per heavy atom. The zero-order valence-corrected chi connectivity index (χ0v) is 20.1. The standard InChI is InChI=1S/C24H18ClF3N2O3.C2H6/c1-30(23(32)16-4-2-3-13-9-10-33-21(13)16)20-8-6-14(12-18(20)24(26,27)28)17-11-15(22(29)31)5-7-19(17)25;1-2/h2-8,11-12H,9-10H2,1H3,(H2,29,31);1-2H3. The van der Waals surface area contributed by atoms with Crippen LogP contribution in [0.3, 0.4) is 0 Å². The first-order valence-corrected chi connectivity index (χ1v) is 11.3. The van der Waals surface area contributed by atoms with Gasteiger partial charge in [-0.25, -0.2) is 0 Å². The average molecular weight is 505 g/mol. The van der Waals surface area contributed by atoms with Gasteiger partial charge in [-0.15, -0.1) is 0 Å². The average Bonchev–Trinajstić information content (AvgIpc) is 3.33. The van der Waals surface area contributed by atoms with E-state index in [0.29, 0.717) is 18.8 Å². The van der Waals surface area contributed by atoms with Gasteiger partial charge in [0.15, 0.2) is 0 Å². The maximum atomic E-state index is 14.0. The fourth-order valence-corrected chi connectivity index (χ4v) is 4.02. The molecule has 0 unspecified atom stereocenters. The Bertz CT molecular complexity index is 1280. The highest BCUT2D eigenvalue weighted by atomic mass is 35.5.